The SMILES string of the molecule is Br.Cc1nccc(CBr)n1. The highest BCUT2D eigenvalue weighted by Gasteiger charge is 1.89. The maximum atomic E-state index is 4.13. The van der Waals surface area contributed by atoms with Gasteiger partial charge in [-0.15, -0.1) is 17.0 Å². The van der Waals surface area contributed by atoms with Gasteiger partial charge in [0.2, 0.25) is 0 Å². The Kier molecular flexibility index (Phi) is 4.81. The van der Waals surface area contributed by atoms with Crippen LogP contribution >= 0.6 is 32.9 Å². The average Bonchev–Trinajstić information content (AvgIpc) is 1.88. The van der Waals surface area contributed by atoms with Crippen molar-refractivity contribution in [2.24, 2.45) is 0 Å². The summed E-state index contributed by atoms with van der Waals surface area (Å²) in [5.41, 5.74) is 1.03. The summed E-state index contributed by atoms with van der Waals surface area (Å²) in [7, 11) is 0. The third kappa shape index (κ3) is 2.75. The van der Waals surface area contributed by atoms with Gasteiger partial charge in [0, 0.05) is 11.5 Å². The summed E-state index contributed by atoms with van der Waals surface area (Å²) in [6.45, 7) is 1.88. The topological polar surface area (TPSA) is 25.8 Å². The van der Waals surface area contributed by atoms with Crippen molar-refractivity contribution in [1.82, 2.24) is 9.97 Å². The number of hydrogen-bond acceptors (Lipinski definition) is 2. The molecule has 0 aliphatic carbocycles. The Labute approximate surface area is 79.0 Å². The summed E-state index contributed by atoms with van der Waals surface area (Å²) < 4.78 is 0. The molecule has 1 aromatic rings. The zero-order valence-electron chi connectivity index (χ0n) is 5.54. The minimum Gasteiger partial charge on any atom is -0.242 e. The predicted molar refractivity (Wildman–Crippen MR) is 49.7 cm³/mol. The summed E-state index contributed by atoms with van der Waals surface area (Å²) in [4.78, 5) is 8.09. The second-order valence-corrected chi connectivity index (χ2v) is 2.29. The molecule has 0 atom stereocenters. The van der Waals surface area contributed by atoms with E-state index in [2.05, 4.69) is 25.9 Å². The molecule has 1 heterocycles. The number of aromatic nitrogens is 2. The van der Waals surface area contributed by atoms with Gasteiger partial charge in [0.25, 0.3) is 0 Å². The minimum atomic E-state index is 0. The molecular weight excluding hydrogens is 260 g/mol. The molecule has 0 aromatic carbocycles. The lowest BCUT2D eigenvalue weighted by atomic mass is 10.4. The van der Waals surface area contributed by atoms with E-state index in [1.54, 1.807) is 6.20 Å². The number of hydrogen-bond donors (Lipinski definition) is 0. The molecule has 0 radical (unpaired) electrons. The van der Waals surface area contributed by atoms with Crippen LogP contribution in [0.15, 0.2) is 12.3 Å². The van der Waals surface area contributed by atoms with Crippen LogP contribution < -0.4 is 0 Å². The van der Waals surface area contributed by atoms with E-state index in [1.807, 2.05) is 13.0 Å². The Hall–Kier alpha value is 0.0400. The average molecular weight is 268 g/mol. The summed E-state index contributed by atoms with van der Waals surface area (Å²) in [6, 6.07) is 1.89. The zero-order valence-corrected chi connectivity index (χ0v) is 8.84. The molecule has 0 fully saturated rings. The van der Waals surface area contributed by atoms with Crippen LogP contribution in [-0.2, 0) is 5.33 Å². The Morgan fingerprint density at radius 3 is 2.70 bits per heavy atom. The van der Waals surface area contributed by atoms with Crippen LogP contribution in [0.5, 0.6) is 0 Å². The monoisotopic (exact) mass is 266 g/mol. The molecule has 4 heteroatoms. The third-order valence-corrected chi connectivity index (χ3v) is 1.55. The van der Waals surface area contributed by atoms with Gasteiger partial charge in [-0.1, -0.05) is 15.9 Å². The molecule has 10 heavy (non-hydrogen) atoms. The predicted octanol–water partition coefficient (Wildman–Crippen LogP) is 2.26. The van der Waals surface area contributed by atoms with E-state index in [-0.39, 0.29) is 17.0 Å². The lowest BCUT2D eigenvalue weighted by Gasteiger charge is -1.92. The number of nitrogens with zero attached hydrogens (tertiary/aromatic N) is 2. The summed E-state index contributed by atoms with van der Waals surface area (Å²) in [6.07, 6.45) is 1.76. The molecule has 0 N–H and O–H groups in total. The Morgan fingerprint density at radius 2 is 2.30 bits per heavy atom. The van der Waals surface area contributed by atoms with Crippen LogP contribution in [0.1, 0.15) is 11.5 Å². The van der Waals surface area contributed by atoms with Gasteiger partial charge in [-0.2, -0.15) is 0 Å². The second-order valence-electron chi connectivity index (χ2n) is 1.73. The van der Waals surface area contributed by atoms with Crippen molar-refractivity contribution in [2.45, 2.75) is 12.3 Å². The lowest BCUT2D eigenvalue weighted by molar-refractivity contribution is 1.01. The first-order chi connectivity index (χ1) is 4.33. The molecule has 0 aliphatic heterocycles. The molecule has 0 aliphatic rings. The molecule has 0 spiro atoms. The summed E-state index contributed by atoms with van der Waals surface area (Å²) in [5, 5.41) is 0.802. The van der Waals surface area contributed by atoms with E-state index in [4.69, 9.17) is 0 Å². The Morgan fingerprint density at radius 1 is 1.60 bits per heavy atom. The fourth-order valence-corrected chi connectivity index (χ4v) is 0.892. The molecule has 0 saturated heterocycles. The van der Waals surface area contributed by atoms with E-state index in [1.165, 1.54) is 0 Å². The maximum absolute atomic E-state index is 4.13. The maximum Gasteiger partial charge on any atom is 0.125 e. The van der Waals surface area contributed by atoms with Gasteiger partial charge in [-0.25, -0.2) is 9.97 Å². The summed E-state index contributed by atoms with van der Waals surface area (Å²) >= 11 is 3.30. The van der Waals surface area contributed by atoms with Gasteiger partial charge < -0.3 is 0 Å². The fraction of sp³-hybridized carbons (Fsp3) is 0.333. The molecule has 0 bridgehead atoms. The van der Waals surface area contributed by atoms with E-state index < -0.39 is 0 Å². The van der Waals surface area contributed by atoms with Gasteiger partial charge >= 0.3 is 0 Å². The van der Waals surface area contributed by atoms with Crippen molar-refractivity contribution in [2.75, 3.05) is 0 Å². The first-order valence-electron chi connectivity index (χ1n) is 2.67. The van der Waals surface area contributed by atoms with Crippen LogP contribution in [0.25, 0.3) is 0 Å². The quantitative estimate of drug-likeness (QED) is 0.730. The number of alkyl halides is 1. The largest absolute Gasteiger partial charge is 0.242 e. The molecule has 56 valence electrons. The highest BCUT2D eigenvalue weighted by Crippen LogP contribution is 1.99. The second kappa shape index (κ2) is 4.79. The highest BCUT2D eigenvalue weighted by atomic mass is 79.9. The lowest BCUT2D eigenvalue weighted by Crippen LogP contribution is -1.89. The van der Waals surface area contributed by atoms with Crippen molar-refractivity contribution < 1.29 is 0 Å². The fourth-order valence-electron chi connectivity index (χ4n) is 0.580. The first kappa shape index (κ1) is 10.0. The molecule has 2 nitrogen and oxygen atoms in total. The van der Waals surface area contributed by atoms with Crippen molar-refractivity contribution in [3.05, 3.63) is 23.8 Å². The van der Waals surface area contributed by atoms with Crippen molar-refractivity contribution in [3.63, 3.8) is 0 Å². The van der Waals surface area contributed by atoms with Gasteiger partial charge in [-0.3, -0.25) is 0 Å². The third-order valence-electron chi connectivity index (χ3n) is 0.971. The van der Waals surface area contributed by atoms with E-state index in [9.17, 15) is 0 Å². The van der Waals surface area contributed by atoms with E-state index in [0.29, 0.717) is 0 Å². The summed E-state index contributed by atoms with van der Waals surface area (Å²) in [5.74, 6) is 0.826. The van der Waals surface area contributed by atoms with Crippen molar-refractivity contribution >= 4 is 32.9 Å². The van der Waals surface area contributed by atoms with Crippen molar-refractivity contribution in [1.29, 1.82) is 0 Å². The standard InChI is InChI=1S/C6H7BrN2.BrH/c1-5-8-3-2-6(4-7)9-5;/h2-3H,4H2,1H3;1H. The van der Waals surface area contributed by atoms with Crippen LogP contribution in [0.2, 0.25) is 0 Å². The van der Waals surface area contributed by atoms with Crippen LogP contribution in [-0.4, -0.2) is 9.97 Å². The highest BCUT2D eigenvalue weighted by molar-refractivity contribution is 9.08. The number of aryl methyl sites for hydroxylation is 1. The molecule has 0 saturated carbocycles. The van der Waals surface area contributed by atoms with Gasteiger partial charge in [-0.05, 0) is 13.0 Å². The van der Waals surface area contributed by atoms with Gasteiger partial charge in [0.05, 0.1) is 5.69 Å². The zero-order chi connectivity index (χ0) is 6.69. The molecular formula is C6H8Br2N2. The number of rotatable bonds is 1. The van der Waals surface area contributed by atoms with Gasteiger partial charge in [0.15, 0.2) is 0 Å². The first-order valence-corrected chi connectivity index (χ1v) is 3.79. The van der Waals surface area contributed by atoms with Crippen molar-refractivity contribution in [3.8, 4) is 0 Å². The smallest absolute Gasteiger partial charge is 0.125 e. The van der Waals surface area contributed by atoms with Crippen LogP contribution in [0.4, 0.5) is 0 Å². The van der Waals surface area contributed by atoms with Gasteiger partial charge in [0.1, 0.15) is 5.82 Å². The molecule has 0 amide bonds. The molecule has 1 aromatic heterocycles. The van der Waals surface area contributed by atoms with Crippen LogP contribution in [0.3, 0.4) is 0 Å². The minimum absolute atomic E-state index is 0. The van der Waals surface area contributed by atoms with E-state index in [0.717, 1.165) is 16.8 Å². The van der Waals surface area contributed by atoms with E-state index >= 15 is 0 Å². The Bertz CT molecular complexity index is 203. The number of halogens is 2. The molecule has 0 unspecified atom stereocenters. The molecule has 1 rings (SSSR count). The normalized spacial score (nSPS) is 8.60. The Balaban J connectivity index is 0.000000810. The van der Waals surface area contributed by atoms with Crippen LogP contribution in [0, 0.1) is 6.92 Å².